The Labute approximate surface area is 160 Å². The molecule has 1 aliphatic carbocycles. The number of alkyl halides is 2. The van der Waals surface area contributed by atoms with Gasteiger partial charge in [-0.15, -0.1) is 23.2 Å². The molecule has 6 heteroatoms. The molecule has 0 unspecified atom stereocenters. The molecule has 25 heavy (non-hydrogen) atoms. The van der Waals surface area contributed by atoms with E-state index in [1.54, 1.807) is 6.92 Å². The molecule has 1 aromatic rings. The van der Waals surface area contributed by atoms with Crippen LogP contribution in [0.5, 0.6) is 11.5 Å². The van der Waals surface area contributed by atoms with E-state index in [0.29, 0.717) is 25.4 Å². The van der Waals surface area contributed by atoms with E-state index in [-0.39, 0.29) is 11.9 Å². The summed E-state index contributed by atoms with van der Waals surface area (Å²) in [6.45, 7) is 9.09. The van der Waals surface area contributed by atoms with Crippen LogP contribution in [0.4, 0.5) is 0 Å². The van der Waals surface area contributed by atoms with Gasteiger partial charge in [-0.1, -0.05) is 19.9 Å². The average Bonchev–Trinajstić information content (AvgIpc) is 3.10. The van der Waals surface area contributed by atoms with Gasteiger partial charge in [0.25, 0.3) is 0 Å². The van der Waals surface area contributed by atoms with E-state index in [1.807, 2.05) is 25.1 Å². The normalized spacial score (nSPS) is 22.2. The van der Waals surface area contributed by atoms with Crippen LogP contribution in [0.3, 0.4) is 0 Å². The lowest BCUT2D eigenvalue weighted by molar-refractivity contribution is -0.126. The zero-order valence-electron chi connectivity index (χ0n) is 15.3. The fourth-order valence-corrected chi connectivity index (χ4v) is 3.24. The molecule has 0 radical (unpaired) electrons. The van der Waals surface area contributed by atoms with Gasteiger partial charge >= 0.3 is 0 Å². The molecule has 0 spiro atoms. The van der Waals surface area contributed by atoms with Crippen molar-refractivity contribution in [3.05, 3.63) is 23.8 Å². The highest BCUT2D eigenvalue weighted by atomic mass is 35.5. The number of hydrogen-bond acceptors (Lipinski definition) is 3. The van der Waals surface area contributed by atoms with Crippen molar-refractivity contribution in [1.82, 2.24) is 5.32 Å². The second-order valence-corrected chi connectivity index (χ2v) is 8.30. The minimum atomic E-state index is -0.968. The molecular weight excluding hydrogens is 361 g/mol. The molecule has 0 heterocycles. The van der Waals surface area contributed by atoms with Crippen molar-refractivity contribution in [2.24, 2.45) is 5.41 Å². The van der Waals surface area contributed by atoms with E-state index in [9.17, 15) is 4.79 Å². The van der Waals surface area contributed by atoms with Crippen LogP contribution in [-0.4, -0.2) is 23.5 Å². The summed E-state index contributed by atoms with van der Waals surface area (Å²) in [5.74, 6) is 1.30. The standard InChI is InChI=1S/C19H27Cl2NO3/c1-5-9-24-15-8-7-14(11-16(15)25-10-6-2)13(3)22-17(23)18(4)12-19(18,20)21/h7-8,11,13H,5-6,9-10,12H2,1-4H3,(H,22,23)/t13-,18-/m1/s1. The number of benzene rings is 1. The summed E-state index contributed by atoms with van der Waals surface area (Å²) in [5, 5.41) is 3.00. The molecule has 0 bridgehead atoms. The predicted octanol–water partition coefficient (Wildman–Crippen LogP) is 5.03. The van der Waals surface area contributed by atoms with E-state index in [0.717, 1.165) is 24.2 Å². The topological polar surface area (TPSA) is 47.6 Å². The molecule has 1 aromatic carbocycles. The summed E-state index contributed by atoms with van der Waals surface area (Å²) >= 11 is 12.2. The third-order valence-electron chi connectivity index (χ3n) is 4.50. The fraction of sp³-hybridized carbons (Fsp3) is 0.632. The van der Waals surface area contributed by atoms with Gasteiger partial charge in [0.15, 0.2) is 11.5 Å². The van der Waals surface area contributed by atoms with E-state index in [4.69, 9.17) is 32.7 Å². The van der Waals surface area contributed by atoms with Crippen molar-refractivity contribution in [2.75, 3.05) is 13.2 Å². The maximum Gasteiger partial charge on any atom is 0.229 e. The number of nitrogens with one attached hydrogen (secondary N) is 1. The molecule has 0 aromatic heterocycles. The highest BCUT2D eigenvalue weighted by Crippen LogP contribution is 2.63. The number of hydrogen-bond donors (Lipinski definition) is 1. The van der Waals surface area contributed by atoms with Gasteiger partial charge in [0, 0.05) is 0 Å². The number of halogens is 2. The van der Waals surface area contributed by atoms with Crippen molar-refractivity contribution in [2.45, 2.75) is 57.3 Å². The minimum absolute atomic E-state index is 0.132. The highest BCUT2D eigenvalue weighted by molar-refractivity contribution is 6.53. The molecule has 0 aliphatic heterocycles. The van der Waals surface area contributed by atoms with Gasteiger partial charge in [-0.2, -0.15) is 0 Å². The Bertz CT molecular complexity index is 621. The lowest BCUT2D eigenvalue weighted by Gasteiger charge is -2.20. The Hall–Kier alpha value is -1.13. The van der Waals surface area contributed by atoms with E-state index < -0.39 is 9.75 Å². The molecule has 1 saturated carbocycles. The van der Waals surface area contributed by atoms with Crippen LogP contribution in [0.1, 0.15) is 58.6 Å². The van der Waals surface area contributed by atoms with Gasteiger partial charge in [-0.25, -0.2) is 0 Å². The van der Waals surface area contributed by atoms with Gasteiger partial charge in [0.05, 0.1) is 24.7 Å². The summed E-state index contributed by atoms with van der Waals surface area (Å²) in [7, 11) is 0. The van der Waals surface area contributed by atoms with Crippen LogP contribution in [0.2, 0.25) is 0 Å². The average molecular weight is 388 g/mol. The van der Waals surface area contributed by atoms with Gasteiger partial charge in [0.1, 0.15) is 4.33 Å². The summed E-state index contributed by atoms with van der Waals surface area (Å²) in [5.41, 5.74) is 0.220. The van der Waals surface area contributed by atoms with Crippen LogP contribution in [0, 0.1) is 5.41 Å². The SMILES string of the molecule is CCCOc1ccc([C@@H](C)NC(=O)[C@@]2(C)CC2(Cl)Cl)cc1OCCC. The molecular formula is C19H27Cl2NO3. The lowest BCUT2D eigenvalue weighted by Crippen LogP contribution is -2.35. The summed E-state index contributed by atoms with van der Waals surface area (Å²) in [6, 6.07) is 5.58. The number of carbonyl (C=O) groups excluding carboxylic acids is 1. The number of amides is 1. The summed E-state index contributed by atoms with van der Waals surface area (Å²) in [6.07, 6.45) is 2.31. The van der Waals surface area contributed by atoms with Gasteiger partial charge in [0.2, 0.25) is 5.91 Å². The first-order valence-electron chi connectivity index (χ1n) is 8.83. The van der Waals surface area contributed by atoms with Crippen molar-refractivity contribution < 1.29 is 14.3 Å². The first-order chi connectivity index (χ1) is 11.7. The predicted molar refractivity (Wildman–Crippen MR) is 102 cm³/mol. The molecule has 4 nitrogen and oxygen atoms in total. The van der Waals surface area contributed by atoms with E-state index in [1.165, 1.54) is 0 Å². The van der Waals surface area contributed by atoms with E-state index >= 15 is 0 Å². The van der Waals surface area contributed by atoms with E-state index in [2.05, 4.69) is 19.2 Å². The van der Waals surface area contributed by atoms with Gasteiger partial charge < -0.3 is 14.8 Å². The Morgan fingerprint density at radius 2 is 1.76 bits per heavy atom. The molecule has 1 aliphatic rings. The number of carbonyl (C=O) groups is 1. The van der Waals surface area contributed by atoms with Crippen molar-refractivity contribution in [1.29, 1.82) is 0 Å². The largest absolute Gasteiger partial charge is 0.490 e. The second-order valence-electron chi connectivity index (χ2n) is 6.81. The molecule has 1 N–H and O–H groups in total. The first-order valence-corrected chi connectivity index (χ1v) is 9.59. The quantitative estimate of drug-likeness (QED) is 0.604. The lowest BCUT2D eigenvalue weighted by atomic mass is 10.0. The summed E-state index contributed by atoms with van der Waals surface area (Å²) < 4.78 is 10.6. The number of rotatable bonds is 9. The molecule has 2 rings (SSSR count). The Morgan fingerprint density at radius 3 is 2.28 bits per heavy atom. The maximum absolute atomic E-state index is 12.5. The zero-order valence-corrected chi connectivity index (χ0v) is 16.8. The van der Waals surface area contributed by atoms with Crippen LogP contribution < -0.4 is 14.8 Å². The van der Waals surface area contributed by atoms with Crippen molar-refractivity contribution in [3.63, 3.8) is 0 Å². The smallest absolute Gasteiger partial charge is 0.229 e. The van der Waals surface area contributed by atoms with Crippen LogP contribution in [0.25, 0.3) is 0 Å². The van der Waals surface area contributed by atoms with Gasteiger partial charge in [-0.3, -0.25) is 4.79 Å². The van der Waals surface area contributed by atoms with Crippen molar-refractivity contribution >= 4 is 29.1 Å². The summed E-state index contributed by atoms with van der Waals surface area (Å²) in [4.78, 5) is 12.5. The van der Waals surface area contributed by atoms with Crippen LogP contribution >= 0.6 is 23.2 Å². The molecule has 140 valence electrons. The number of ether oxygens (including phenoxy) is 2. The van der Waals surface area contributed by atoms with Crippen LogP contribution in [0.15, 0.2) is 18.2 Å². The maximum atomic E-state index is 12.5. The third-order valence-corrected chi connectivity index (χ3v) is 5.60. The second kappa shape index (κ2) is 8.05. The van der Waals surface area contributed by atoms with Crippen LogP contribution in [-0.2, 0) is 4.79 Å². The molecule has 1 fully saturated rings. The molecule has 2 atom stereocenters. The minimum Gasteiger partial charge on any atom is -0.490 e. The zero-order chi connectivity index (χ0) is 18.7. The Morgan fingerprint density at radius 1 is 1.20 bits per heavy atom. The Kier molecular flexibility index (Phi) is 6.50. The molecule has 0 saturated heterocycles. The highest BCUT2D eigenvalue weighted by Gasteiger charge is 2.67. The van der Waals surface area contributed by atoms with Gasteiger partial charge in [-0.05, 0) is 50.8 Å². The first kappa shape index (κ1) is 20.2. The fourth-order valence-electron chi connectivity index (χ4n) is 2.54. The Balaban J connectivity index is 2.10. The molecule has 1 amide bonds. The monoisotopic (exact) mass is 387 g/mol. The third kappa shape index (κ3) is 4.53. The van der Waals surface area contributed by atoms with Crippen molar-refractivity contribution in [3.8, 4) is 11.5 Å².